The van der Waals surface area contributed by atoms with Crippen molar-refractivity contribution in [2.24, 2.45) is 17.6 Å². The zero-order valence-corrected chi connectivity index (χ0v) is 14.9. The summed E-state index contributed by atoms with van der Waals surface area (Å²) in [5, 5.41) is 0. The molecule has 0 amide bonds. The summed E-state index contributed by atoms with van der Waals surface area (Å²) in [7, 11) is 0. The molecule has 1 fully saturated rings. The van der Waals surface area contributed by atoms with E-state index >= 15 is 0 Å². The van der Waals surface area contributed by atoms with Crippen LogP contribution in [0.25, 0.3) is 0 Å². The second-order valence-corrected chi connectivity index (χ2v) is 7.22. The van der Waals surface area contributed by atoms with Gasteiger partial charge in [0.15, 0.2) is 0 Å². The lowest BCUT2D eigenvalue weighted by molar-refractivity contribution is -0.158. The van der Waals surface area contributed by atoms with Crippen molar-refractivity contribution in [3.63, 3.8) is 0 Å². The van der Waals surface area contributed by atoms with Gasteiger partial charge in [0.25, 0.3) is 0 Å². The van der Waals surface area contributed by atoms with E-state index in [1.807, 2.05) is 20.8 Å². The van der Waals surface area contributed by atoms with Crippen LogP contribution in [0.2, 0.25) is 0 Å². The number of esters is 2. The Morgan fingerprint density at radius 1 is 1.22 bits per heavy atom. The average molecular weight is 325 g/mol. The van der Waals surface area contributed by atoms with Crippen molar-refractivity contribution in [2.75, 3.05) is 6.61 Å². The molecule has 1 saturated carbocycles. The summed E-state index contributed by atoms with van der Waals surface area (Å²) in [6.45, 7) is 7.48. The van der Waals surface area contributed by atoms with Gasteiger partial charge >= 0.3 is 11.9 Å². The SMILES string of the molecule is CCOC(=O)C(N)=C[C@H](CC1CCCCC1)C(=O)OC(C)(C)C. The normalized spacial score (nSPS) is 18.3. The Morgan fingerprint density at radius 2 is 1.83 bits per heavy atom. The molecule has 0 radical (unpaired) electrons. The Hall–Kier alpha value is -1.52. The van der Waals surface area contributed by atoms with Gasteiger partial charge in [-0.3, -0.25) is 4.79 Å². The molecule has 0 aromatic heterocycles. The highest BCUT2D eigenvalue weighted by Crippen LogP contribution is 2.30. The second kappa shape index (κ2) is 8.94. The van der Waals surface area contributed by atoms with Gasteiger partial charge in [0, 0.05) is 0 Å². The first-order valence-electron chi connectivity index (χ1n) is 8.60. The number of hydrogen-bond donors (Lipinski definition) is 1. The van der Waals surface area contributed by atoms with Gasteiger partial charge in [0.2, 0.25) is 0 Å². The minimum Gasteiger partial charge on any atom is -0.461 e. The maximum Gasteiger partial charge on any atom is 0.353 e. The summed E-state index contributed by atoms with van der Waals surface area (Å²) in [5.41, 5.74) is 5.21. The van der Waals surface area contributed by atoms with E-state index in [0.29, 0.717) is 12.3 Å². The predicted molar refractivity (Wildman–Crippen MR) is 89.4 cm³/mol. The molecule has 0 spiro atoms. The topological polar surface area (TPSA) is 78.6 Å². The minimum absolute atomic E-state index is 0.0153. The van der Waals surface area contributed by atoms with Crippen LogP contribution >= 0.6 is 0 Å². The van der Waals surface area contributed by atoms with Crippen LogP contribution in [0.1, 0.15) is 66.2 Å². The van der Waals surface area contributed by atoms with Crippen molar-refractivity contribution in [1.82, 2.24) is 0 Å². The van der Waals surface area contributed by atoms with E-state index in [2.05, 4.69) is 0 Å². The first-order valence-corrected chi connectivity index (χ1v) is 8.60. The first-order chi connectivity index (χ1) is 10.7. The van der Waals surface area contributed by atoms with Crippen molar-refractivity contribution in [2.45, 2.75) is 71.8 Å². The van der Waals surface area contributed by atoms with E-state index in [1.165, 1.54) is 25.3 Å². The highest BCUT2D eigenvalue weighted by atomic mass is 16.6. The number of hydrogen-bond acceptors (Lipinski definition) is 5. The molecule has 1 atom stereocenters. The van der Waals surface area contributed by atoms with E-state index in [9.17, 15) is 9.59 Å². The summed E-state index contributed by atoms with van der Waals surface area (Å²) in [4.78, 5) is 24.2. The molecule has 2 N–H and O–H groups in total. The number of carbonyl (C=O) groups is 2. The molecule has 0 aromatic rings. The highest BCUT2D eigenvalue weighted by molar-refractivity contribution is 5.88. The zero-order chi connectivity index (χ0) is 17.5. The summed E-state index contributed by atoms with van der Waals surface area (Å²) < 4.78 is 10.4. The maximum absolute atomic E-state index is 12.5. The van der Waals surface area contributed by atoms with E-state index in [-0.39, 0.29) is 18.3 Å². The van der Waals surface area contributed by atoms with Crippen molar-refractivity contribution in [3.8, 4) is 0 Å². The van der Waals surface area contributed by atoms with Crippen molar-refractivity contribution in [1.29, 1.82) is 0 Å². The Labute approximate surface area is 139 Å². The third-order valence-electron chi connectivity index (χ3n) is 3.91. The average Bonchev–Trinajstić information content (AvgIpc) is 2.46. The lowest BCUT2D eigenvalue weighted by atomic mass is 9.82. The van der Waals surface area contributed by atoms with E-state index in [4.69, 9.17) is 15.2 Å². The fourth-order valence-electron chi connectivity index (χ4n) is 2.89. The third-order valence-corrected chi connectivity index (χ3v) is 3.91. The molecule has 1 rings (SSSR count). The molecule has 0 aliphatic heterocycles. The van der Waals surface area contributed by atoms with Gasteiger partial charge in [0.05, 0.1) is 12.5 Å². The Kier molecular flexibility index (Phi) is 7.59. The number of carbonyl (C=O) groups excluding carboxylic acids is 2. The van der Waals surface area contributed by atoms with Gasteiger partial charge < -0.3 is 15.2 Å². The van der Waals surface area contributed by atoms with E-state index in [0.717, 1.165) is 12.8 Å². The highest BCUT2D eigenvalue weighted by Gasteiger charge is 2.28. The largest absolute Gasteiger partial charge is 0.461 e. The summed E-state index contributed by atoms with van der Waals surface area (Å²) in [6, 6.07) is 0. The molecule has 0 saturated heterocycles. The van der Waals surface area contributed by atoms with Gasteiger partial charge in [-0.15, -0.1) is 0 Å². The van der Waals surface area contributed by atoms with E-state index < -0.39 is 17.5 Å². The summed E-state index contributed by atoms with van der Waals surface area (Å²) >= 11 is 0. The quantitative estimate of drug-likeness (QED) is 0.598. The van der Waals surface area contributed by atoms with Crippen LogP contribution in [-0.4, -0.2) is 24.1 Å². The molecule has 23 heavy (non-hydrogen) atoms. The van der Waals surface area contributed by atoms with Gasteiger partial charge in [-0.2, -0.15) is 0 Å². The van der Waals surface area contributed by atoms with Crippen molar-refractivity contribution < 1.29 is 19.1 Å². The maximum atomic E-state index is 12.5. The fraction of sp³-hybridized carbons (Fsp3) is 0.778. The zero-order valence-electron chi connectivity index (χ0n) is 14.9. The number of rotatable bonds is 6. The molecule has 0 unspecified atom stereocenters. The van der Waals surface area contributed by atoms with Crippen LogP contribution in [0, 0.1) is 11.8 Å². The monoisotopic (exact) mass is 325 g/mol. The van der Waals surface area contributed by atoms with Gasteiger partial charge in [-0.05, 0) is 46.1 Å². The molecular weight excluding hydrogens is 294 g/mol. The fourth-order valence-corrected chi connectivity index (χ4v) is 2.89. The molecule has 0 bridgehead atoms. The number of nitrogens with two attached hydrogens (primary N) is 1. The number of ether oxygens (including phenoxy) is 2. The Bertz CT molecular complexity index is 431. The van der Waals surface area contributed by atoms with Crippen molar-refractivity contribution >= 4 is 11.9 Å². The van der Waals surface area contributed by atoms with Gasteiger partial charge in [-0.25, -0.2) is 4.79 Å². The first kappa shape index (κ1) is 19.5. The molecule has 0 heterocycles. The lowest BCUT2D eigenvalue weighted by Crippen LogP contribution is -2.30. The molecule has 0 aromatic carbocycles. The molecule has 5 nitrogen and oxygen atoms in total. The molecule has 132 valence electrons. The molecule has 1 aliphatic carbocycles. The van der Waals surface area contributed by atoms with E-state index in [1.54, 1.807) is 6.92 Å². The molecule has 5 heteroatoms. The Morgan fingerprint density at radius 3 is 2.35 bits per heavy atom. The van der Waals surface area contributed by atoms with Gasteiger partial charge in [-0.1, -0.05) is 32.1 Å². The Balaban J connectivity index is 2.83. The minimum atomic E-state index is -0.579. The lowest BCUT2D eigenvalue weighted by Gasteiger charge is -2.27. The van der Waals surface area contributed by atoms with Crippen LogP contribution < -0.4 is 5.73 Å². The van der Waals surface area contributed by atoms with Crippen LogP contribution in [0.4, 0.5) is 0 Å². The summed E-state index contributed by atoms with van der Waals surface area (Å²) in [5.74, 6) is -0.922. The predicted octanol–water partition coefficient (Wildman–Crippen LogP) is 3.32. The second-order valence-electron chi connectivity index (χ2n) is 7.22. The van der Waals surface area contributed by atoms with Crippen LogP contribution in [-0.2, 0) is 19.1 Å². The van der Waals surface area contributed by atoms with Crippen LogP contribution in [0.3, 0.4) is 0 Å². The molecular formula is C18H31NO4. The third kappa shape index (κ3) is 7.53. The summed E-state index contributed by atoms with van der Waals surface area (Å²) in [6.07, 6.45) is 8.08. The van der Waals surface area contributed by atoms with Crippen LogP contribution in [0.15, 0.2) is 11.8 Å². The molecule has 1 aliphatic rings. The standard InChI is InChI=1S/C18H31NO4/c1-5-22-17(21)15(19)12-14(16(20)23-18(2,3)4)11-13-9-7-6-8-10-13/h12-14H,5-11,19H2,1-4H3/t14-/m0/s1. The van der Waals surface area contributed by atoms with Crippen molar-refractivity contribution in [3.05, 3.63) is 11.8 Å². The smallest absolute Gasteiger partial charge is 0.353 e. The van der Waals surface area contributed by atoms with Gasteiger partial charge in [0.1, 0.15) is 11.3 Å². The van der Waals surface area contributed by atoms with Crippen LogP contribution in [0.5, 0.6) is 0 Å².